The van der Waals surface area contributed by atoms with Crippen LogP contribution >= 0.6 is 11.3 Å². The van der Waals surface area contributed by atoms with Crippen LogP contribution in [0.15, 0.2) is 0 Å². The molecule has 1 saturated heterocycles. The van der Waals surface area contributed by atoms with Crippen molar-refractivity contribution >= 4 is 11.3 Å². The lowest BCUT2D eigenvalue weighted by Crippen LogP contribution is -2.33. The number of thiazole rings is 1. The molecule has 4 heteroatoms. The van der Waals surface area contributed by atoms with Gasteiger partial charge in [0.15, 0.2) is 0 Å². The van der Waals surface area contributed by atoms with Gasteiger partial charge in [0.05, 0.1) is 12.2 Å². The van der Waals surface area contributed by atoms with Crippen molar-refractivity contribution in [1.82, 2.24) is 15.2 Å². The maximum Gasteiger partial charge on any atom is 0.107 e. The molecule has 0 amide bonds. The molecular weight excluding hydrogens is 254 g/mol. The van der Waals surface area contributed by atoms with Crippen molar-refractivity contribution in [3.63, 3.8) is 0 Å². The maximum atomic E-state index is 4.95. The van der Waals surface area contributed by atoms with Gasteiger partial charge in [0, 0.05) is 23.9 Å². The topological polar surface area (TPSA) is 28.2 Å². The molecule has 19 heavy (non-hydrogen) atoms. The number of hydrogen-bond donors (Lipinski definition) is 1. The largest absolute Gasteiger partial charge is 0.315 e. The first kappa shape index (κ1) is 13.5. The zero-order valence-electron chi connectivity index (χ0n) is 12.1. The van der Waals surface area contributed by atoms with Gasteiger partial charge in [0.25, 0.3) is 0 Å². The fourth-order valence-electron chi connectivity index (χ4n) is 3.07. The van der Waals surface area contributed by atoms with E-state index < -0.39 is 0 Å². The molecule has 2 heterocycles. The first-order valence-electron chi connectivity index (χ1n) is 7.61. The number of nitrogens with one attached hydrogen (secondary N) is 1. The Balaban J connectivity index is 1.68. The van der Waals surface area contributed by atoms with Crippen molar-refractivity contribution in [3.8, 4) is 0 Å². The molecule has 1 aromatic rings. The van der Waals surface area contributed by atoms with Crippen molar-refractivity contribution in [2.75, 3.05) is 20.1 Å². The van der Waals surface area contributed by atoms with Crippen LogP contribution in [0.4, 0.5) is 0 Å². The Morgan fingerprint density at radius 1 is 1.37 bits per heavy atom. The highest BCUT2D eigenvalue weighted by molar-refractivity contribution is 7.11. The minimum atomic E-state index is 0.772. The third-order valence-corrected chi connectivity index (χ3v) is 5.23. The molecule has 0 bridgehead atoms. The Morgan fingerprint density at radius 2 is 2.21 bits per heavy atom. The van der Waals surface area contributed by atoms with Crippen LogP contribution in [-0.2, 0) is 13.1 Å². The van der Waals surface area contributed by atoms with E-state index in [1.807, 2.05) is 18.4 Å². The zero-order valence-corrected chi connectivity index (χ0v) is 12.9. The van der Waals surface area contributed by atoms with Crippen LogP contribution in [0.2, 0.25) is 0 Å². The highest BCUT2D eigenvalue weighted by Crippen LogP contribution is 2.42. The second kappa shape index (κ2) is 5.90. The predicted molar refractivity (Wildman–Crippen MR) is 80.5 cm³/mol. The number of likely N-dealkylation sites (tertiary alicyclic amines) is 1. The average Bonchev–Trinajstić information content (AvgIpc) is 3.14. The van der Waals surface area contributed by atoms with Crippen molar-refractivity contribution in [2.45, 2.75) is 51.6 Å². The molecule has 1 atom stereocenters. The summed E-state index contributed by atoms with van der Waals surface area (Å²) in [7, 11) is 2.03. The summed E-state index contributed by atoms with van der Waals surface area (Å²) >= 11 is 1.93. The van der Waals surface area contributed by atoms with E-state index in [4.69, 9.17) is 4.98 Å². The van der Waals surface area contributed by atoms with E-state index in [-0.39, 0.29) is 0 Å². The van der Waals surface area contributed by atoms with E-state index in [9.17, 15) is 0 Å². The third-order valence-electron chi connectivity index (χ3n) is 4.17. The van der Waals surface area contributed by atoms with Crippen LogP contribution in [0.1, 0.15) is 54.1 Å². The summed E-state index contributed by atoms with van der Waals surface area (Å²) in [5.74, 6) is 1.63. The third kappa shape index (κ3) is 3.36. The minimum absolute atomic E-state index is 0.772. The highest BCUT2D eigenvalue weighted by atomic mass is 32.1. The van der Waals surface area contributed by atoms with Crippen molar-refractivity contribution < 1.29 is 0 Å². The summed E-state index contributed by atoms with van der Waals surface area (Å²) in [6.07, 6.45) is 5.44. The molecule has 106 valence electrons. The van der Waals surface area contributed by atoms with Gasteiger partial charge in [0.2, 0.25) is 0 Å². The summed E-state index contributed by atoms with van der Waals surface area (Å²) in [6, 6.07) is 0. The van der Waals surface area contributed by atoms with Gasteiger partial charge in [0.1, 0.15) is 5.01 Å². The van der Waals surface area contributed by atoms with Crippen molar-refractivity contribution in [1.29, 1.82) is 0 Å². The molecule has 2 fully saturated rings. The molecule has 1 unspecified atom stereocenters. The van der Waals surface area contributed by atoms with E-state index in [0.29, 0.717) is 0 Å². The number of piperidine rings is 1. The highest BCUT2D eigenvalue weighted by Gasteiger charge is 2.29. The number of aromatic nitrogens is 1. The monoisotopic (exact) mass is 279 g/mol. The van der Waals surface area contributed by atoms with Crippen molar-refractivity contribution in [3.05, 3.63) is 15.6 Å². The van der Waals surface area contributed by atoms with Crippen LogP contribution in [-0.4, -0.2) is 30.0 Å². The fourth-order valence-corrected chi connectivity index (χ4v) is 4.28. The Labute approximate surface area is 120 Å². The van der Waals surface area contributed by atoms with Gasteiger partial charge in [-0.2, -0.15) is 0 Å². The molecular formula is C15H25N3S. The van der Waals surface area contributed by atoms with Crippen molar-refractivity contribution in [2.24, 2.45) is 5.92 Å². The molecule has 0 radical (unpaired) electrons. The second-order valence-corrected chi connectivity index (χ2v) is 7.37. The van der Waals surface area contributed by atoms with Crippen LogP contribution in [0.25, 0.3) is 0 Å². The number of hydrogen-bond acceptors (Lipinski definition) is 4. The molecule has 3 rings (SSSR count). The van der Waals surface area contributed by atoms with Crippen LogP contribution < -0.4 is 5.32 Å². The van der Waals surface area contributed by atoms with E-state index in [1.54, 1.807) is 0 Å². The van der Waals surface area contributed by atoms with Gasteiger partial charge in [-0.3, -0.25) is 4.90 Å². The van der Waals surface area contributed by atoms with Gasteiger partial charge in [-0.05, 0) is 45.2 Å². The minimum Gasteiger partial charge on any atom is -0.315 e. The number of nitrogens with zero attached hydrogens (tertiary/aromatic N) is 2. The maximum absolute atomic E-state index is 4.95. The zero-order chi connectivity index (χ0) is 13.2. The van der Waals surface area contributed by atoms with E-state index >= 15 is 0 Å². The quantitative estimate of drug-likeness (QED) is 0.898. The lowest BCUT2D eigenvalue weighted by atomic mass is 10.0. The SMILES string of the molecule is CNCc1sc(CN2CCCC(C)C2)nc1C1CC1. The smallest absolute Gasteiger partial charge is 0.107 e. The molecule has 0 spiro atoms. The van der Waals surface area contributed by atoms with Gasteiger partial charge in [-0.1, -0.05) is 6.92 Å². The molecule has 0 aromatic carbocycles. The molecule has 1 aliphatic carbocycles. The second-order valence-electron chi connectivity index (χ2n) is 6.20. The molecule has 1 aliphatic heterocycles. The van der Waals surface area contributed by atoms with Gasteiger partial charge in [-0.15, -0.1) is 11.3 Å². The van der Waals surface area contributed by atoms with Gasteiger partial charge in [-0.25, -0.2) is 4.98 Å². The van der Waals surface area contributed by atoms with Crippen LogP contribution in [0.5, 0.6) is 0 Å². The van der Waals surface area contributed by atoms with E-state index in [1.165, 1.54) is 54.4 Å². The summed E-state index contributed by atoms with van der Waals surface area (Å²) in [6.45, 7) is 6.93. The standard InChI is InChI=1S/C15H25N3S/c1-11-4-3-7-18(9-11)10-14-17-15(12-5-6-12)13(19-14)8-16-2/h11-12,16H,3-10H2,1-2H3. The molecule has 3 nitrogen and oxygen atoms in total. The lowest BCUT2D eigenvalue weighted by molar-refractivity contribution is 0.176. The Bertz CT molecular complexity index is 425. The molecule has 1 N–H and O–H groups in total. The number of rotatable bonds is 5. The molecule has 2 aliphatic rings. The Kier molecular flexibility index (Phi) is 4.20. The van der Waals surface area contributed by atoms with E-state index in [0.717, 1.165) is 24.9 Å². The van der Waals surface area contributed by atoms with Gasteiger partial charge < -0.3 is 5.32 Å². The summed E-state index contributed by atoms with van der Waals surface area (Å²) in [5.41, 5.74) is 1.40. The first-order chi connectivity index (χ1) is 9.26. The van der Waals surface area contributed by atoms with Crippen LogP contribution in [0, 0.1) is 5.92 Å². The normalized spacial score (nSPS) is 24.8. The average molecular weight is 279 g/mol. The predicted octanol–water partition coefficient (Wildman–Crippen LogP) is 2.97. The summed E-state index contributed by atoms with van der Waals surface area (Å²) < 4.78 is 0. The lowest BCUT2D eigenvalue weighted by Gasteiger charge is -2.29. The summed E-state index contributed by atoms with van der Waals surface area (Å²) in [4.78, 5) is 9.01. The molecule has 1 aromatic heterocycles. The Hall–Kier alpha value is -0.450. The van der Waals surface area contributed by atoms with Gasteiger partial charge >= 0.3 is 0 Å². The van der Waals surface area contributed by atoms with Crippen LogP contribution in [0.3, 0.4) is 0 Å². The Morgan fingerprint density at radius 3 is 2.89 bits per heavy atom. The molecule has 1 saturated carbocycles. The van der Waals surface area contributed by atoms with E-state index in [2.05, 4.69) is 17.1 Å². The summed E-state index contributed by atoms with van der Waals surface area (Å²) in [5, 5.41) is 4.62. The first-order valence-corrected chi connectivity index (χ1v) is 8.43. The fraction of sp³-hybridized carbons (Fsp3) is 0.800.